The Bertz CT molecular complexity index is 551. The molecule has 8 nitrogen and oxygen atoms in total. The summed E-state index contributed by atoms with van der Waals surface area (Å²) in [6.07, 6.45) is 2.98. The molecule has 1 fully saturated rings. The van der Waals surface area contributed by atoms with Crippen LogP contribution in [-0.4, -0.2) is 49.8 Å². The number of hydrogen-bond donors (Lipinski definition) is 1. The lowest BCUT2D eigenvalue weighted by Gasteiger charge is -2.37. The molecule has 0 atom stereocenters. The third-order valence-corrected chi connectivity index (χ3v) is 3.99. The summed E-state index contributed by atoms with van der Waals surface area (Å²) in [5.41, 5.74) is 0.645. The summed E-state index contributed by atoms with van der Waals surface area (Å²) in [4.78, 5) is 24.5. The molecule has 116 valence electrons. The number of carbonyl (C=O) groups excluding carboxylic acids is 1. The average Bonchev–Trinajstić information content (AvgIpc) is 2.61. The van der Waals surface area contributed by atoms with Crippen molar-refractivity contribution in [2.75, 3.05) is 13.2 Å². The predicted molar refractivity (Wildman–Crippen MR) is 74.8 cm³/mol. The van der Waals surface area contributed by atoms with Crippen molar-refractivity contribution in [1.82, 2.24) is 14.7 Å². The van der Waals surface area contributed by atoms with Gasteiger partial charge in [-0.05, 0) is 33.1 Å². The maximum Gasteiger partial charge on any atom is 0.312 e. The van der Waals surface area contributed by atoms with E-state index in [2.05, 4.69) is 5.10 Å². The Morgan fingerprint density at radius 3 is 2.62 bits per heavy atom. The van der Waals surface area contributed by atoms with Gasteiger partial charge >= 0.3 is 5.69 Å². The summed E-state index contributed by atoms with van der Waals surface area (Å²) in [6.45, 7) is 3.33. The number of aromatic nitrogens is 2. The Kier molecular flexibility index (Phi) is 4.56. The first kappa shape index (κ1) is 15.4. The molecule has 1 aliphatic rings. The molecule has 1 aliphatic carbocycles. The highest BCUT2D eigenvalue weighted by molar-refractivity contribution is 5.76. The Morgan fingerprint density at radius 2 is 2.19 bits per heavy atom. The number of amides is 1. The number of nitro groups is 1. The van der Waals surface area contributed by atoms with E-state index in [9.17, 15) is 14.9 Å². The number of aliphatic hydroxyl groups excluding tert-OH is 1. The van der Waals surface area contributed by atoms with Crippen LogP contribution in [0.15, 0.2) is 0 Å². The van der Waals surface area contributed by atoms with E-state index in [1.165, 1.54) is 4.68 Å². The summed E-state index contributed by atoms with van der Waals surface area (Å²) >= 11 is 0. The highest BCUT2D eigenvalue weighted by Crippen LogP contribution is 2.26. The van der Waals surface area contributed by atoms with Crippen LogP contribution in [0.3, 0.4) is 0 Å². The van der Waals surface area contributed by atoms with Gasteiger partial charge in [0.05, 0.1) is 11.5 Å². The molecule has 1 amide bonds. The molecule has 0 radical (unpaired) electrons. The van der Waals surface area contributed by atoms with E-state index in [0.717, 1.165) is 19.3 Å². The lowest BCUT2D eigenvalue weighted by molar-refractivity contribution is -0.386. The Balaban J connectivity index is 2.14. The number of carbonyl (C=O) groups is 1. The van der Waals surface area contributed by atoms with Gasteiger partial charge in [0, 0.05) is 12.6 Å². The quantitative estimate of drug-likeness (QED) is 0.617. The largest absolute Gasteiger partial charge is 0.395 e. The molecular weight excluding hydrogens is 276 g/mol. The second-order valence-electron chi connectivity index (χ2n) is 5.33. The number of rotatable bonds is 6. The maximum atomic E-state index is 12.4. The molecule has 8 heteroatoms. The van der Waals surface area contributed by atoms with Gasteiger partial charge in [0.1, 0.15) is 17.9 Å². The number of hydrogen-bond acceptors (Lipinski definition) is 5. The van der Waals surface area contributed by atoms with Crippen molar-refractivity contribution in [2.45, 2.75) is 45.7 Å². The molecule has 21 heavy (non-hydrogen) atoms. The average molecular weight is 296 g/mol. The van der Waals surface area contributed by atoms with Gasteiger partial charge in [0.25, 0.3) is 0 Å². The van der Waals surface area contributed by atoms with Crippen molar-refractivity contribution >= 4 is 11.6 Å². The zero-order valence-corrected chi connectivity index (χ0v) is 12.3. The molecule has 0 spiro atoms. The number of aliphatic hydroxyl groups is 1. The fraction of sp³-hybridized carbons (Fsp3) is 0.692. The third-order valence-electron chi connectivity index (χ3n) is 3.99. The van der Waals surface area contributed by atoms with Crippen molar-refractivity contribution in [1.29, 1.82) is 0 Å². The van der Waals surface area contributed by atoms with E-state index in [0.29, 0.717) is 17.9 Å². The highest BCUT2D eigenvalue weighted by atomic mass is 16.6. The van der Waals surface area contributed by atoms with Gasteiger partial charge in [0.2, 0.25) is 5.91 Å². The first-order valence-electron chi connectivity index (χ1n) is 7.04. The van der Waals surface area contributed by atoms with Gasteiger partial charge in [-0.25, -0.2) is 0 Å². The monoisotopic (exact) mass is 296 g/mol. The minimum atomic E-state index is -0.476. The van der Waals surface area contributed by atoms with Crippen LogP contribution in [0.2, 0.25) is 0 Å². The van der Waals surface area contributed by atoms with E-state index in [1.807, 2.05) is 0 Å². The van der Waals surface area contributed by atoms with Crippen LogP contribution in [0, 0.1) is 24.0 Å². The van der Waals surface area contributed by atoms with Crippen LogP contribution < -0.4 is 0 Å². The van der Waals surface area contributed by atoms with E-state index in [1.54, 1.807) is 18.7 Å². The molecule has 1 aromatic heterocycles. The van der Waals surface area contributed by atoms with Gasteiger partial charge in [0.15, 0.2) is 0 Å². The summed E-state index contributed by atoms with van der Waals surface area (Å²) in [6, 6.07) is 0.177. The third kappa shape index (κ3) is 3.05. The van der Waals surface area contributed by atoms with Crippen LogP contribution >= 0.6 is 0 Å². The SMILES string of the molecule is Cc1nn(CC(=O)N(CCO)C2CCC2)c(C)c1[N+](=O)[O-]. The minimum Gasteiger partial charge on any atom is -0.395 e. The molecule has 0 bridgehead atoms. The molecule has 0 aromatic carbocycles. The molecule has 1 N–H and O–H groups in total. The molecule has 1 heterocycles. The lowest BCUT2D eigenvalue weighted by atomic mass is 9.91. The van der Waals surface area contributed by atoms with E-state index >= 15 is 0 Å². The van der Waals surface area contributed by atoms with Crippen LogP contribution in [0.1, 0.15) is 30.7 Å². The van der Waals surface area contributed by atoms with Gasteiger partial charge < -0.3 is 10.0 Å². The minimum absolute atomic E-state index is 0.0307. The highest BCUT2D eigenvalue weighted by Gasteiger charge is 2.30. The van der Waals surface area contributed by atoms with Gasteiger partial charge in [-0.3, -0.25) is 19.6 Å². The summed E-state index contributed by atoms with van der Waals surface area (Å²) < 4.78 is 1.37. The normalized spacial score (nSPS) is 14.8. The van der Waals surface area contributed by atoms with Crippen LogP contribution in [0.4, 0.5) is 5.69 Å². The van der Waals surface area contributed by atoms with Gasteiger partial charge in [-0.2, -0.15) is 5.10 Å². The Hall–Kier alpha value is -1.96. The standard InChI is InChI=1S/C13H20N4O4/c1-9-13(17(20)21)10(2)16(14-9)8-12(19)15(6-7-18)11-4-3-5-11/h11,18H,3-8H2,1-2H3. The van der Waals surface area contributed by atoms with Crippen LogP contribution in [0.25, 0.3) is 0 Å². The van der Waals surface area contributed by atoms with Crippen molar-refractivity contribution in [2.24, 2.45) is 0 Å². The van der Waals surface area contributed by atoms with Crippen molar-refractivity contribution < 1.29 is 14.8 Å². The Morgan fingerprint density at radius 1 is 1.52 bits per heavy atom. The molecular formula is C13H20N4O4. The molecule has 0 unspecified atom stereocenters. The second-order valence-corrected chi connectivity index (χ2v) is 5.33. The summed E-state index contributed by atoms with van der Waals surface area (Å²) in [7, 11) is 0. The smallest absolute Gasteiger partial charge is 0.312 e. The number of nitrogens with zero attached hydrogens (tertiary/aromatic N) is 4. The summed E-state index contributed by atoms with van der Waals surface area (Å²) in [5.74, 6) is -0.158. The van der Waals surface area contributed by atoms with Gasteiger partial charge in [-0.15, -0.1) is 0 Å². The van der Waals surface area contributed by atoms with Crippen LogP contribution in [0.5, 0.6) is 0 Å². The molecule has 1 saturated carbocycles. The Labute approximate surface area is 122 Å². The maximum absolute atomic E-state index is 12.4. The zero-order valence-electron chi connectivity index (χ0n) is 12.3. The van der Waals surface area contributed by atoms with E-state index in [4.69, 9.17) is 5.11 Å². The second kappa shape index (κ2) is 6.21. The fourth-order valence-electron chi connectivity index (χ4n) is 2.64. The van der Waals surface area contributed by atoms with Crippen molar-refractivity contribution in [3.8, 4) is 0 Å². The summed E-state index contributed by atoms with van der Waals surface area (Å²) in [5, 5.41) is 24.1. The molecule has 0 aliphatic heterocycles. The topological polar surface area (TPSA) is 102 Å². The van der Waals surface area contributed by atoms with Crippen molar-refractivity contribution in [3.05, 3.63) is 21.5 Å². The van der Waals surface area contributed by atoms with E-state index < -0.39 is 4.92 Å². The fourth-order valence-corrected chi connectivity index (χ4v) is 2.64. The predicted octanol–water partition coefficient (Wildman–Crippen LogP) is 0.782. The van der Waals surface area contributed by atoms with Crippen molar-refractivity contribution in [3.63, 3.8) is 0 Å². The number of aryl methyl sites for hydroxylation is 1. The van der Waals surface area contributed by atoms with Gasteiger partial charge in [-0.1, -0.05) is 0 Å². The first-order chi connectivity index (χ1) is 9.95. The van der Waals surface area contributed by atoms with Crippen LogP contribution in [-0.2, 0) is 11.3 Å². The molecule has 0 saturated heterocycles. The molecule has 2 rings (SSSR count). The zero-order chi connectivity index (χ0) is 15.6. The first-order valence-corrected chi connectivity index (χ1v) is 7.04. The van der Waals surface area contributed by atoms with E-state index in [-0.39, 0.29) is 30.8 Å². The molecule has 1 aromatic rings. The lowest BCUT2D eigenvalue weighted by Crippen LogP contribution is -2.47.